The van der Waals surface area contributed by atoms with Crippen LogP contribution >= 0.6 is 11.6 Å². The number of phenolic OH excluding ortho intramolecular Hbond substituents is 1. The maximum absolute atomic E-state index is 14.0. The summed E-state index contributed by atoms with van der Waals surface area (Å²) in [6, 6.07) is 7.65. The molecule has 1 aliphatic heterocycles. The second kappa shape index (κ2) is 13.2. The smallest absolute Gasteiger partial charge is 0.236 e. The maximum atomic E-state index is 14.0. The molecule has 2 N–H and O–H groups in total. The molecule has 0 radical (unpaired) electrons. The van der Waals surface area contributed by atoms with Crippen molar-refractivity contribution < 1.29 is 19.0 Å². The Morgan fingerprint density at radius 3 is 2.72 bits per heavy atom. The van der Waals surface area contributed by atoms with Gasteiger partial charge in [-0.1, -0.05) is 31.0 Å². The fraction of sp³-hybridized carbons (Fsp3) is 0.423. The van der Waals surface area contributed by atoms with E-state index in [9.17, 15) is 14.3 Å². The van der Waals surface area contributed by atoms with Gasteiger partial charge in [0.05, 0.1) is 29.9 Å². The number of nitrogens with one attached hydrogen (secondary N) is 1. The number of ether oxygens (including phenoxy) is 1. The number of carbonyl (C=O) groups excluding carboxylic acids is 1. The van der Waals surface area contributed by atoms with E-state index in [1.807, 2.05) is 11.9 Å². The fourth-order valence-corrected chi connectivity index (χ4v) is 4.04. The monoisotopic (exact) mass is 517 g/mol. The summed E-state index contributed by atoms with van der Waals surface area (Å²) in [5, 5.41) is 13.3. The number of methoxy groups -OCH3 is 1. The first-order chi connectivity index (χ1) is 17.3. The van der Waals surface area contributed by atoms with Gasteiger partial charge in [0, 0.05) is 24.5 Å². The number of benzene rings is 2. The van der Waals surface area contributed by atoms with Gasteiger partial charge >= 0.3 is 0 Å². The molecule has 1 amide bonds. The van der Waals surface area contributed by atoms with Crippen LogP contribution in [0.5, 0.6) is 11.5 Å². The third kappa shape index (κ3) is 7.18. The van der Waals surface area contributed by atoms with E-state index in [0.717, 1.165) is 19.6 Å². The van der Waals surface area contributed by atoms with Crippen molar-refractivity contribution in [2.24, 2.45) is 0 Å². The lowest BCUT2D eigenvalue weighted by Gasteiger charge is -2.20. The number of aromatic nitrogens is 2. The highest BCUT2D eigenvalue weighted by atomic mass is 35.5. The summed E-state index contributed by atoms with van der Waals surface area (Å²) < 4.78 is 19.0. The molecule has 3 aromatic rings. The van der Waals surface area contributed by atoms with Crippen LogP contribution < -0.4 is 10.1 Å². The molecule has 0 atom stereocenters. The Kier molecular flexibility index (Phi) is 10.1. The number of hydrogen-bond donors (Lipinski definition) is 2. The van der Waals surface area contributed by atoms with E-state index in [4.69, 9.17) is 16.3 Å². The topological polar surface area (TPSA) is 90.8 Å². The van der Waals surface area contributed by atoms with Gasteiger partial charge in [-0.25, -0.2) is 14.4 Å². The van der Waals surface area contributed by atoms with Crippen LogP contribution in [0, 0.1) is 5.82 Å². The SMILES string of the molecule is CCCCN(C)CC(=O)N1CCCC1.COc1cc2ncnc(Nc3cccc(Cl)c3F)c2cc1O. The van der Waals surface area contributed by atoms with E-state index >= 15 is 0 Å². The molecule has 4 rings (SSSR count). The minimum Gasteiger partial charge on any atom is -0.504 e. The Balaban J connectivity index is 0.000000223. The molecule has 1 saturated heterocycles. The number of aromatic hydroxyl groups is 1. The molecule has 2 heterocycles. The van der Waals surface area contributed by atoms with Crippen molar-refractivity contribution in [1.29, 1.82) is 0 Å². The first kappa shape index (κ1) is 27.4. The Labute approximate surface area is 216 Å². The fourth-order valence-electron chi connectivity index (χ4n) is 3.87. The number of halogens is 2. The van der Waals surface area contributed by atoms with Crippen LogP contribution in [0.4, 0.5) is 15.9 Å². The summed E-state index contributed by atoms with van der Waals surface area (Å²) in [6.45, 7) is 5.76. The minimum absolute atomic E-state index is 0.00729. The third-order valence-electron chi connectivity index (χ3n) is 5.90. The van der Waals surface area contributed by atoms with E-state index in [0.29, 0.717) is 34.9 Å². The Morgan fingerprint density at radius 2 is 2.03 bits per heavy atom. The second-order valence-corrected chi connectivity index (χ2v) is 9.08. The van der Waals surface area contributed by atoms with Crippen molar-refractivity contribution in [2.45, 2.75) is 32.6 Å². The van der Waals surface area contributed by atoms with Gasteiger partial charge < -0.3 is 20.1 Å². The number of likely N-dealkylation sites (tertiary alicyclic amines) is 1. The molecule has 0 unspecified atom stereocenters. The average Bonchev–Trinajstić information content (AvgIpc) is 3.41. The van der Waals surface area contributed by atoms with Crippen LogP contribution in [0.25, 0.3) is 10.9 Å². The quantitative estimate of drug-likeness (QED) is 0.423. The highest BCUT2D eigenvalue weighted by Crippen LogP contribution is 2.34. The number of nitrogens with zero attached hydrogens (tertiary/aromatic N) is 4. The summed E-state index contributed by atoms with van der Waals surface area (Å²) in [4.78, 5) is 24.0. The van der Waals surface area contributed by atoms with Crippen LogP contribution in [0.3, 0.4) is 0 Å². The molecule has 0 bridgehead atoms. The van der Waals surface area contributed by atoms with Crippen LogP contribution in [0.2, 0.25) is 5.02 Å². The molecule has 0 aliphatic carbocycles. The number of rotatable bonds is 8. The normalized spacial score (nSPS) is 13.0. The lowest BCUT2D eigenvalue weighted by molar-refractivity contribution is -0.131. The van der Waals surface area contributed by atoms with E-state index < -0.39 is 5.82 Å². The van der Waals surface area contributed by atoms with Gasteiger partial charge in [-0.2, -0.15) is 0 Å². The lowest BCUT2D eigenvalue weighted by atomic mass is 10.2. The number of fused-ring (bicyclic) bond motifs is 1. The van der Waals surface area contributed by atoms with Crippen molar-refractivity contribution in [2.75, 3.05) is 45.7 Å². The minimum atomic E-state index is -0.575. The number of anilines is 2. The third-order valence-corrected chi connectivity index (χ3v) is 6.19. The maximum Gasteiger partial charge on any atom is 0.236 e. The van der Waals surface area contributed by atoms with Gasteiger partial charge in [0.25, 0.3) is 0 Å². The number of amides is 1. The van der Waals surface area contributed by atoms with E-state index in [1.54, 1.807) is 18.2 Å². The molecule has 1 aliphatic rings. The number of carbonyl (C=O) groups is 1. The van der Waals surface area contributed by atoms with Crippen LogP contribution in [-0.4, -0.2) is 71.1 Å². The van der Waals surface area contributed by atoms with E-state index in [2.05, 4.69) is 27.1 Å². The molecule has 0 saturated carbocycles. The van der Waals surface area contributed by atoms with Crippen molar-refractivity contribution >= 4 is 39.9 Å². The van der Waals surface area contributed by atoms with Crippen molar-refractivity contribution in [1.82, 2.24) is 19.8 Å². The zero-order valence-electron chi connectivity index (χ0n) is 20.9. The van der Waals surface area contributed by atoms with E-state index in [1.165, 1.54) is 51.3 Å². The summed E-state index contributed by atoms with van der Waals surface area (Å²) in [5.41, 5.74) is 0.734. The zero-order valence-corrected chi connectivity index (χ0v) is 21.7. The second-order valence-electron chi connectivity index (χ2n) is 8.67. The number of hydrogen-bond acceptors (Lipinski definition) is 7. The summed E-state index contributed by atoms with van der Waals surface area (Å²) in [5.74, 6) is 0.324. The summed E-state index contributed by atoms with van der Waals surface area (Å²) in [6.07, 6.45) is 6.09. The van der Waals surface area contributed by atoms with Crippen molar-refractivity contribution in [3.8, 4) is 11.5 Å². The molecule has 10 heteroatoms. The Hall–Kier alpha value is -3.17. The Morgan fingerprint density at radius 1 is 1.28 bits per heavy atom. The molecule has 0 spiro atoms. The Bertz CT molecular complexity index is 1170. The first-order valence-electron chi connectivity index (χ1n) is 12.0. The number of phenols is 1. The van der Waals surface area contributed by atoms with Gasteiger partial charge in [0.2, 0.25) is 5.91 Å². The van der Waals surface area contributed by atoms with Crippen molar-refractivity contribution in [3.05, 3.63) is 47.5 Å². The molecule has 1 fully saturated rings. The summed E-state index contributed by atoms with van der Waals surface area (Å²) >= 11 is 5.76. The van der Waals surface area contributed by atoms with Crippen LogP contribution in [0.1, 0.15) is 32.6 Å². The predicted octanol–water partition coefficient (Wildman–Crippen LogP) is 5.22. The standard InChI is InChI=1S/C15H11ClFN3O2.C11H22N2O/c1-22-13-6-11-8(5-12(13)21)15(19-7-18-11)20-10-4-2-3-9(16)14(10)17;1-3-4-7-12(2)10-11(14)13-8-5-6-9-13/h2-7,21H,1H3,(H,18,19,20);3-10H2,1-2H3. The number of unbranched alkanes of at least 4 members (excludes halogenated alkanes) is 1. The molecule has 8 nitrogen and oxygen atoms in total. The molecular weight excluding hydrogens is 485 g/mol. The highest BCUT2D eigenvalue weighted by molar-refractivity contribution is 6.31. The van der Waals surface area contributed by atoms with Crippen LogP contribution in [-0.2, 0) is 4.79 Å². The first-order valence-corrected chi connectivity index (χ1v) is 12.4. The van der Waals surface area contributed by atoms with Gasteiger partial charge in [-0.3, -0.25) is 9.69 Å². The van der Waals surface area contributed by atoms with Gasteiger partial charge in [0.15, 0.2) is 17.3 Å². The largest absolute Gasteiger partial charge is 0.504 e. The number of likely N-dealkylation sites (N-methyl/N-ethyl adjacent to an activating group) is 1. The van der Waals surface area contributed by atoms with Crippen molar-refractivity contribution in [3.63, 3.8) is 0 Å². The molecular formula is C26H33ClFN5O3. The highest BCUT2D eigenvalue weighted by Gasteiger charge is 2.18. The van der Waals surface area contributed by atoms with Gasteiger partial charge in [0.1, 0.15) is 12.1 Å². The molecule has 1 aromatic heterocycles. The molecule has 2 aromatic carbocycles. The molecule has 36 heavy (non-hydrogen) atoms. The van der Waals surface area contributed by atoms with E-state index in [-0.39, 0.29) is 16.5 Å². The zero-order chi connectivity index (χ0) is 26.1. The van der Waals surface area contributed by atoms with Gasteiger partial charge in [-0.05, 0) is 51.1 Å². The van der Waals surface area contributed by atoms with Crippen LogP contribution in [0.15, 0.2) is 36.7 Å². The summed E-state index contributed by atoms with van der Waals surface area (Å²) in [7, 11) is 3.48. The average molecular weight is 518 g/mol. The molecule has 194 valence electrons. The van der Waals surface area contributed by atoms with Gasteiger partial charge in [-0.15, -0.1) is 0 Å². The predicted molar refractivity (Wildman–Crippen MR) is 141 cm³/mol. The lowest BCUT2D eigenvalue weighted by Crippen LogP contribution is -2.37.